The molecule has 0 radical (unpaired) electrons. The second-order valence-electron chi connectivity index (χ2n) is 8.70. The molecule has 2 atom stereocenters. The summed E-state index contributed by atoms with van der Waals surface area (Å²) in [5.41, 5.74) is 0.796. The normalized spacial score (nSPS) is 32.0. The largest absolute Gasteiger partial charge is 0.453 e. The average molecular weight is 417 g/mol. The first kappa shape index (κ1) is 21.1. The van der Waals surface area contributed by atoms with E-state index in [1.165, 1.54) is 12.7 Å². The van der Waals surface area contributed by atoms with Gasteiger partial charge in [0, 0.05) is 6.54 Å². The summed E-state index contributed by atoms with van der Waals surface area (Å²) in [6.07, 6.45) is 5.55. The van der Waals surface area contributed by atoms with Gasteiger partial charge in [-0.15, -0.1) is 0 Å². The maximum atomic E-state index is 12.4. The monoisotopic (exact) mass is 416 g/mol. The molecule has 2 amide bonds. The number of likely N-dealkylation sites (tertiary alicyclic amines) is 1. The van der Waals surface area contributed by atoms with Crippen LogP contribution in [-0.2, 0) is 19.0 Å². The number of nitrogens with zero attached hydrogens (tertiary/aromatic N) is 1. The highest BCUT2D eigenvalue weighted by atomic mass is 16.5. The number of nitrogens with one attached hydrogen (secondary N) is 1. The van der Waals surface area contributed by atoms with E-state index in [1.54, 1.807) is 4.90 Å². The smallest absolute Gasteiger partial charge is 0.409 e. The van der Waals surface area contributed by atoms with Gasteiger partial charge in [0.05, 0.1) is 38.0 Å². The predicted molar refractivity (Wildman–Crippen MR) is 111 cm³/mol. The van der Waals surface area contributed by atoms with Gasteiger partial charge in [0.2, 0.25) is 5.91 Å². The van der Waals surface area contributed by atoms with Crippen molar-refractivity contribution in [2.75, 3.05) is 33.5 Å². The molecule has 7 nitrogen and oxygen atoms in total. The Balaban J connectivity index is 1.40. The molecule has 0 bridgehead atoms. The average Bonchev–Trinajstić information content (AvgIpc) is 2.78. The molecule has 2 aliphatic heterocycles. The second-order valence-corrected chi connectivity index (χ2v) is 8.70. The number of amides is 2. The fraction of sp³-hybridized carbons (Fsp3) is 0.652. The maximum absolute atomic E-state index is 12.4. The standard InChI is InChI=1S/C23H32N2O5/c1-28-22(27)25-13-5-12-23(16-29-15-21(26)24-23)20(25)14-30-19-10-8-18(9-11-19)17-6-3-2-4-7-17/h2-4,6-7,18-20H,5,8-16H2,1H3,(H,24,26)/t18-,19+,20-,23+/m0/s1. The van der Waals surface area contributed by atoms with Gasteiger partial charge in [-0.2, -0.15) is 0 Å². The van der Waals surface area contributed by atoms with Crippen LogP contribution in [0.3, 0.4) is 0 Å². The number of hydrogen-bond acceptors (Lipinski definition) is 5. The number of methoxy groups -OCH3 is 1. The van der Waals surface area contributed by atoms with E-state index >= 15 is 0 Å². The molecule has 0 unspecified atom stereocenters. The third kappa shape index (κ3) is 4.47. The van der Waals surface area contributed by atoms with Crippen LogP contribution in [0.15, 0.2) is 30.3 Å². The lowest BCUT2D eigenvalue weighted by Crippen LogP contribution is -2.71. The van der Waals surface area contributed by atoms with Crippen LogP contribution in [0, 0.1) is 0 Å². The van der Waals surface area contributed by atoms with Gasteiger partial charge in [0.15, 0.2) is 0 Å². The third-order valence-corrected chi connectivity index (χ3v) is 6.86. The number of hydrogen-bond donors (Lipinski definition) is 1. The summed E-state index contributed by atoms with van der Waals surface area (Å²) in [4.78, 5) is 26.2. The van der Waals surface area contributed by atoms with Crippen molar-refractivity contribution in [3.05, 3.63) is 35.9 Å². The summed E-state index contributed by atoms with van der Waals surface area (Å²) in [5.74, 6) is 0.450. The van der Waals surface area contributed by atoms with Crippen molar-refractivity contribution in [3.8, 4) is 0 Å². The maximum Gasteiger partial charge on any atom is 0.409 e. The molecule has 1 N–H and O–H groups in total. The molecule has 2 saturated heterocycles. The SMILES string of the molecule is COC(=O)N1CCC[C@@]2(COCC(=O)N2)[C@@H]1CO[C@H]1CC[C@@H](c2ccccc2)CC1. The van der Waals surface area contributed by atoms with Crippen LogP contribution >= 0.6 is 0 Å². The highest BCUT2D eigenvalue weighted by molar-refractivity contribution is 5.79. The van der Waals surface area contributed by atoms with Crippen molar-refractivity contribution in [2.24, 2.45) is 0 Å². The van der Waals surface area contributed by atoms with Crippen LogP contribution in [0.5, 0.6) is 0 Å². The van der Waals surface area contributed by atoms with E-state index in [2.05, 4.69) is 35.6 Å². The lowest BCUT2D eigenvalue weighted by atomic mass is 9.80. The second kappa shape index (κ2) is 9.35. The molecule has 4 rings (SSSR count). The Kier molecular flexibility index (Phi) is 6.58. The summed E-state index contributed by atoms with van der Waals surface area (Å²) in [5, 5.41) is 3.11. The minimum atomic E-state index is -0.608. The van der Waals surface area contributed by atoms with E-state index in [4.69, 9.17) is 14.2 Å². The van der Waals surface area contributed by atoms with Crippen molar-refractivity contribution in [2.45, 2.75) is 62.1 Å². The predicted octanol–water partition coefficient (Wildman–Crippen LogP) is 2.85. The Morgan fingerprint density at radius 3 is 2.70 bits per heavy atom. The van der Waals surface area contributed by atoms with E-state index in [-0.39, 0.29) is 30.8 Å². The zero-order chi connectivity index (χ0) is 21.0. The third-order valence-electron chi connectivity index (χ3n) is 6.86. The molecule has 0 aromatic heterocycles. The van der Waals surface area contributed by atoms with Gasteiger partial charge in [0.1, 0.15) is 6.61 Å². The molecular formula is C23H32N2O5. The number of piperidine rings is 1. The summed E-state index contributed by atoms with van der Waals surface area (Å²) < 4.78 is 16.9. The van der Waals surface area contributed by atoms with Crippen LogP contribution in [-0.4, -0.2) is 68.1 Å². The van der Waals surface area contributed by atoms with Crippen LogP contribution in [0.25, 0.3) is 0 Å². The highest BCUT2D eigenvalue weighted by Crippen LogP contribution is 2.35. The molecule has 1 spiro atoms. The Morgan fingerprint density at radius 1 is 1.23 bits per heavy atom. The van der Waals surface area contributed by atoms with Crippen molar-refractivity contribution in [1.29, 1.82) is 0 Å². The minimum absolute atomic E-state index is 0.0665. The van der Waals surface area contributed by atoms with Gasteiger partial charge >= 0.3 is 6.09 Å². The molecule has 3 fully saturated rings. The topological polar surface area (TPSA) is 77.1 Å². The zero-order valence-corrected chi connectivity index (χ0v) is 17.7. The summed E-state index contributed by atoms with van der Waals surface area (Å²) >= 11 is 0. The summed E-state index contributed by atoms with van der Waals surface area (Å²) in [6, 6.07) is 10.4. The Hall–Kier alpha value is -2.12. The molecule has 2 heterocycles. The first-order chi connectivity index (χ1) is 14.6. The summed E-state index contributed by atoms with van der Waals surface area (Å²) in [6.45, 7) is 1.43. The number of carbonyl (C=O) groups is 2. The van der Waals surface area contributed by atoms with Crippen molar-refractivity contribution in [1.82, 2.24) is 10.2 Å². The van der Waals surface area contributed by atoms with Crippen LogP contribution < -0.4 is 5.32 Å². The molecule has 7 heteroatoms. The summed E-state index contributed by atoms with van der Waals surface area (Å²) in [7, 11) is 1.39. The van der Waals surface area contributed by atoms with Crippen molar-refractivity contribution >= 4 is 12.0 Å². The molecule has 1 aliphatic carbocycles. The molecule has 3 aliphatic rings. The number of rotatable bonds is 4. The zero-order valence-electron chi connectivity index (χ0n) is 17.7. The van der Waals surface area contributed by atoms with Crippen molar-refractivity contribution < 1.29 is 23.8 Å². The first-order valence-electron chi connectivity index (χ1n) is 11.0. The Morgan fingerprint density at radius 2 is 2.00 bits per heavy atom. The minimum Gasteiger partial charge on any atom is -0.453 e. The van der Waals surface area contributed by atoms with Crippen LogP contribution in [0.1, 0.15) is 50.0 Å². The van der Waals surface area contributed by atoms with Gasteiger partial charge in [-0.05, 0) is 50.0 Å². The fourth-order valence-electron chi connectivity index (χ4n) is 5.28. The molecule has 164 valence electrons. The van der Waals surface area contributed by atoms with E-state index < -0.39 is 5.54 Å². The number of morpholine rings is 1. The molecular weight excluding hydrogens is 384 g/mol. The van der Waals surface area contributed by atoms with E-state index in [1.807, 2.05) is 0 Å². The van der Waals surface area contributed by atoms with E-state index in [0.29, 0.717) is 25.7 Å². The quantitative estimate of drug-likeness (QED) is 0.817. The van der Waals surface area contributed by atoms with Crippen LogP contribution in [0.4, 0.5) is 4.79 Å². The van der Waals surface area contributed by atoms with E-state index in [9.17, 15) is 9.59 Å². The Bertz CT molecular complexity index is 730. The van der Waals surface area contributed by atoms with Crippen LogP contribution in [0.2, 0.25) is 0 Å². The molecule has 1 aromatic carbocycles. The fourth-order valence-corrected chi connectivity index (χ4v) is 5.28. The number of benzene rings is 1. The van der Waals surface area contributed by atoms with Gasteiger partial charge in [-0.25, -0.2) is 4.79 Å². The Labute approximate surface area is 178 Å². The van der Waals surface area contributed by atoms with Gasteiger partial charge < -0.3 is 24.4 Å². The van der Waals surface area contributed by atoms with E-state index in [0.717, 1.165) is 38.5 Å². The molecule has 1 saturated carbocycles. The van der Waals surface area contributed by atoms with Gasteiger partial charge in [-0.1, -0.05) is 30.3 Å². The number of carbonyl (C=O) groups excluding carboxylic acids is 2. The number of ether oxygens (including phenoxy) is 3. The molecule has 1 aromatic rings. The van der Waals surface area contributed by atoms with Gasteiger partial charge in [0.25, 0.3) is 0 Å². The lowest BCUT2D eigenvalue weighted by Gasteiger charge is -2.51. The van der Waals surface area contributed by atoms with Crippen molar-refractivity contribution in [3.63, 3.8) is 0 Å². The lowest BCUT2D eigenvalue weighted by molar-refractivity contribution is -0.143. The highest BCUT2D eigenvalue weighted by Gasteiger charge is 2.50. The molecule has 30 heavy (non-hydrogen) atoms. The van der Waals surface area contributed by atoms with Gasteiger partial charge in [-0.3, -0.25) is 4.79 Å². The first-order valence-corrected chi connectivity index (χ1v) is 11.0.